The van der Waals surface area contributed by atoms with Crippen LogP contribution in [0, 0.1) is 0 Å². The van der Waals surface area contributed by atoms with Crippen LogP contribution in [0.3, 0.4) is 0 Å². The third-order valence-corrected chi connectivity index (χ3v) is 5.04. The minimum Gasteiger partial charge on any atom is -0.381 e. The summed E-state index contributed by atoms with van der Waals surface area (Å²) in [5, 5.41) is 11.9. The van der Waals surface area contributed by atoms with Crippen LogP contribution in [-0.2, 0) is 21.4 Å². The van der Waals surface area contributed by atoms with E-state index in [1.165, 1.54) is 11.3 Å². The largest absolute Gasteiger partial charge is 0.381 e. The van der Waals surface area contributed by atoms with Crippen molar-refractivity contribution >= 4 is 34.1 Å². The zero-order valence-corrected chi connectivity index (χ0v) is 15.9. The highest BCUT2D eigenvalue weighted by Crippen LogP contribution is 2.26. The van der Waals surface area contributed by atoms with Gasteiger partial charge in [-0.15, -0.1) is 11.3 Å². The molecular formula is C17H23N5O3S. The van der Waals surface area contributed by atoms with Crippen LogP contribution in [0.2, 0.25) is 0 Å². The Labute approximate surface area is 156 Å². The number of carbonyl (C=O) groups is 2. The van der Waals surface area contributed by atoms with Gasteiger partial charge in [0.2, 0.25) is 0 Å². The van der Waals surface area contributed by atoms with E-state index in [1.807, 2.05) is 19.2 Å². The van der Waals surface area contributed by atoms with Crippen molar-refractivity contribution in [2.24, 2.45) is 7.05 Å². The van der Waals surface area contributed by atoms with Gasteiger partial charge in [-0.05, 0) is 18.8 Å². The molecule has 0 spiro atoms. The Bertz CT molecular complexity index is 792. The smallest absolute Gasteiger partial charge is 0.315 e. The number of nitrogens with one attached hydrogen (secondary N) is 2. The number of aryl methyl sites for hydroxylation is 1. The van der Waals surface area contributed by atoms with Crippen molar-refractivity contribution in [1.82, 2.24) is 14.8 Å². The number of thiazole rings is 1. The number of anilines is 2. The SMILES string of the molecule is CC(C)c1csc(NC(=O)C(=O)Nc2cc(C3CCCOC3)nn2C)n1. The molecule has 8 nitrogen and oxygen atoms in total. The molecule has 9 heteroatoms. The highest BCUT2D eigenvalue weighted by Gasteiger charge is 2.22. The van der Waals surface area contributed by atoms with Gasteiger partial charge in [-0.25, -0.2) is 4.98 Å². The molecule has 1 aliphatic rings. The molecular weight excluding hydrogens is 354 g/mol. The van der Waals surface area contributed by atoms with Crippen molar-refractivity contribution in [3.05, 3.63) is 22.8 Å². The number of nitrogens with zero attached hydrogens (tertiary/aromatic N) is 3. The molecule has 1 saturated heterocycles. The standard InChI is InChI=1S/C17H23N5O3S/c1-10(2)13-9-26-17(18-13)20-16(24)15(23)19-14-7-12(21-22(14)3)11-5-4-6-25-8-11/h7,9-11H,4-6,8H2,1-3H3,(H,19,23)(H,18,20,24). The first kappa shape index (κ1) is 18.5. The van der Waals surface area contributed by atoms with Gasteiger partial charge in [0.25, 0.3) is 0 Å². The van der Waals surface area contributed by atoms with Gasteiger partial charge in [-0.3, -0.25) is 19.6 Å². The average molecular weight is 377 g/mol. The summed E-state index contributed by atoms with van der Waals surface area (Å²) in [5.74, 6) is -0.534. The van der Waals surface area contributed by atoms with E-state index >= 15 is 0 Å². The van der Waals surface area contributed by atoms with Gasteiger partial charge < -0.3 is 10.1 Å². The highest BCUT2D eigenvalue weighted by molar-refractivity contribution is 7.14. The maximum atomic E-state index is 12.2. The zero-order chi connectivity index (χ0) is 18.7. The summed E-state index contributed by atoms with van der Waals surface area (Å²) in [4.78, 5) is 28.6. The van der Waals surface area contributed by atoms with Crippen molar-refractivity contribution < 1.29 is 14.3 Å². The van der Waals surface area contributed by atoms with Gasteiger partial charge in [0.15, 0.2) is 5.13 Å². The molecule has 1 aliphatic heterocycles. The third kappa shape index (κ3) is 4.28. The lowest BCUT2D eigenvalue weighted by Gasteiger charge is -2.19. The fourth-order valence-electron chi connectivity index (χ4n) is 2.72. The van der Waals surface area contributed by atoms with Gasteiger partial charge >= 0.3 is 11.8 Å². The Balaban J connectivity index is 1.61. The maximum Gasteiger partial charge on any atom is 0.315 e. The second-order valence-electron chi connectivity index (χ2n) is 6.63. The zero-order valence-electron chi connectivity index (χ0n) is 15.1. The quantitative estimate of drug-likeness (QED) is 0.798. The lowest BCUT2D eigenvalue weighted by Crippen LogP contribution is -2.29. The fourth-order valence-corrected chi connectivity index (χ4v) is 3.58. The Hall–Kier alpha value is -2.26. The van der Waals surface area contributed by atoms with Crippen LogP contribution in [0.25, 0.3) is 0 Å². The lowest BCUT2D eigenvalue weighted by atomic mass is 9.99. The van der Waals surface area contributed by atoms with Gasteiger partial charge in [-0.2, -0.15) is 5.10 Å². The Kier molecular flexibility index (Phi) is 5.67. The molecule has 0 radical (unpaired) electrons. The van der Waals surface area contributed by atoms with Gasteiger partial charge in [0.05, 0.1) is 18.0 Å². The molecule has 2 aromatic heterocycles. The molecule has 2 amide bonds. The van der Waals surface area contributed by atoms with E-state index in [2.05, 4.69) is 20.7 Å². The molecule has 0 bridgehead atoms. The first-order valence-electron chi connectivity index (χ1n) is 8.63. The van der Waals surface area contributed by atoms with Gasteiger partial charge in [0.1, 0.15) is 5.82 Å². The predicted molar refractivity (Wildman–Crippen MR) is 99.5 cm³/mol. The molecule has 0 aromatic carbocycles. The Morgan fingerprint density at radius 1 is 1.35 bits per heavy atom. The summed E-state index contributed by atoms with van der Waals surface area (Å²) in [7, 11) is 1.73. The number of hydrogen-bond acceptors (Lipinski definition) is 6. The monoisotopic (exact) mass is 377 g/mol. The van der Waals surface area contributed by atoms with Crippen LogP contribution in [-0.4, -0.2) is 39.8 Å². The first-order chi connectivity index (χ1) is 12.4. The fraction of sp³-hybridized carbons (Fsp3) is 0.529. The van der Waals surface area contributed by atoms with Gasteiger partial charge in [0, 0.05) is 31.0 Å². The number of ether oxygens (including phenoxy) is 1. The van der Waals surface area contributed by atoms with E-state index in [0.29, 0.717) is 17.6 Å². The van der Waals surface area contributed by atoms with E-state index in [9.17, 15) is 9.59 Å². The first-order valence-corrected chi connectivity index (χ1v) is 9.51. The number of hydrogen-bond donors (Lipinski definition) is 2. The lowest BCUT2D eigenvalue weighted by molar-refractivity contribution is -0.133. The normalized spacial score (nSPS) is 17.3. The summed E-state index contributed by atoms with van der Waals surface area (Å²) in [6.45, 7) is 5.45. The topological polar surface area (TPSA) is 98.1 Å². The predicted octanol–water partition coefficient (Wildman–Crippen LogP) is 2.47. The highest BCUT2D eigenvalue weighted by atomic mass is 32.1. The van der Waals surface area contributed by atoms with Crippen LogP contribution in [0.4, 0.5) is 10.9 Å². The minimum absolute atomic E-state index is 0.221. The van der Waals surface area contributed by atoms with Crippen LogP contribution in [0.5, 0.6) is 0 Å². The van der Waals surface area contributed by atoms with Crippen LogP contribution in [0.1, 0.15) is 49.9 Å². The molecule has 0 aliphatic carbocycles. The molecule has 1 atom stereocenters. The molecule has 1 fully saturated rings. The van der Waals surface area contributed by atoms with Crippen molar-refractivity contribution in [2.75, 3.05) is 23.8 Å². The summed E-state index contributed by atoms with van der Waals surface area (Å²) in [6, 6.07) is 1.80. The molecule has 26 heavy (non-hydrogen) atoms. The number of aromatic nitrogens is 3. The molecule has 3 rings (SSSR count). The Morgan fingerprint density at radius 3 is 2.77 bits per heavy atom. The summed E-state index contributed by atoms with van der Waals surface area (Å²) in [6.07, 6.45) is 2.00. The minimum atomic E-state index is -0.751. The molecule has 1 unspecified atom stereocenters. The van der Waals surface area contributed by atoms with E-state index in [0.717, 1.165) is 30.8 Å². The van der Waals surface area contributed by atoms with Gasteiger partial charge in [-0.1, -0.05) is 13.8 Å². The Morgan fingerprint density at radius 2 is 2.12 bits per heavy atom. The summed E-state index contributed by atoms with van der Waals surface area (Å²) in [5.41, 5.74) is 1.75. The van der Waals surface area contributed by atoms with Crippen molar-refractivity contribution in [2.45, 2.75) is 38.5 Å². The molecule has 0 saturated carbocycles. The van der Waals surface area contributed by atoms with Crippen LogP contribution in [0.15, 0.2) is 11.4 Å². The van der Waals surface area contributed by atoms with E-state index in [-0.39, 0.29) is 11.8 Å². The van der Waals surface area contributed by atoms with Crippen molar-refractivity contribution in [3.63, 3.8) is 0 Å². The maximum absolute atomic E-state index is 12.2. The molecule has 2 aromatic rings. The van der Waals surface area contributed by atoms with Crippen molar-refractivity contribution in [3.8, 4) is 0 Å². The van der Waals surface area contributed by atoms with Crippen LogP contribution < -0.4 is 10.6 Å². The average Bonchev–Trinajstić information content (AvgIpc) is 3.23. The number of carbonyl (C=O) groups excluding carboxylic acids is 2. The number of rotatable bonds is 4. The van der Waals surface area contributed by atoms with E-state index in [1.54, 1.807) is 17.8 Å². The summed E-state index contributed by atoms with van der Waals surface area (Å²) < 4.78 is 7.05. The third-order valence-electron chi connectivity index (χ3n) is 4.26. The second kappa shape index (κ2) is 7.96. The van der Waals surface area contributed by atoms with Crippen molar-refractivity contribution in [1.29, 1.82) is 0 Å². The molecule has 140 valence electrons. The molecule has 2 N–H and O–H groups in total. The summed E-state index contributed by atoms with van der Waals surface area (Å²) >= 11 is 1.30. The second-order valence-corrected chi connectivity index (χ2v) is 7.49. The number of amides is 2. The molecule has 3 heterocycles. The van der Waals surface area contributed by atoms with E-state index in [4.69, 9.17) is 4.74 Å². The van der Waals surface area contributed by atoms with E-state index < -0.39 is 11.8 Å². The van der Waals surface area contributed by atoms with Crippen LogP contribution >= 0.6 is 11.3 Å².